The van der Waals surface area contributed by atoms with Gasteiger partial charge < -0.3 is 4.57 Å². The summed E-state index contributed by atoms with van der Waals surface area (Å²) in [4.78, 5) is 15.0. The highest BCUT2D eigenvalue weighted by Gasteiger charge is 2.31. The number of thiocarbonyl (C=S) groups is 1. The maximum atomic E-state index is 12.7. The first-order valence-electron chi connectivity index (χ1n) is 9.73. The second-order valence-corrected chi connectivity index (χ2v) is 9.56. The van der Waals surface area contributed by atoms with Crippen molar-refractivity contribution < 1.29 is 4.79 Å². The Morgan fingerprint density at radius 1 is 1.13 bits per heavy atom. The fourth-order valence-corrected chi connectivity index (χ4v) is 5.58. The van der Waals surface area contributed by atoms with Crippen LogP contribution in [-0.2, 0) is 17.8 Å². The molecule has 0 spiro atoms. The van der Waals surface area contributed by atoms with Crippen LogP contribution in [0.2, 0.25) is 10.0 Å². The fourth-order valence-electron chi connectivity index (χ4n) is 3.74. The van der Waals surface area contributed by atoms with E-state index in [1.165, 1.54) is 17.3 Å². The number of para-hydroxylation sites is 1. The third-order valence-corrected chi connectivity index (χ3v) is 7.19. The largest absolute Gasteiger partial charge is 0.342 e. The van der Waals surface area contributed by atoms with Crippen molar-refractivity contribution >= 4 is 74.4 Å². The predicted molar refractivity (Wildman–Crippen MR) is 132 cm³/mol. The lowest BCUT2D eigenvalue weighted by Gasteiger charge is -2.10. The number of halogens is 2. The van der Waals surface area contributed by atoms with E-state index >= 15 is 0 Å². The Hall–Kier alpha value is -1.79. The molecule has 1 fully saturated rings. The van der Waals surface area contributed by atoms with Gasteiger partial charge in [-0.15, -0.1) is 0 Å². The summed E-state index contributed by atoms with van der Waals surface area (Å²) in [6, 6.07) is 11.9. The number of likely N-dealkylation sites (N-methyl/N-ethyl adjacent to an activating group) is 1. The minimum atomic E-state index is -0.0270. The van der Waals surface area contributed by atoms with Crippen LogP contribution >= 0.6 is 47.2 Å². The molecule has 0 N–H and O–H groups in total. The maximum Gasteiger partial charge on any atom is 0.266 e. The van der Waals surface area contributed by atoms with Crippen molar-refractivity contribution in [3.8, 4) is 0 Å². The predicted octanol–water partition coefficient (Wildman–Crippen LogP) is 6.78. The van der Waals surface area contributed by atoms with Crippen LogP contribution in [0.25, 0.3) is 17.0 Å². The third kappa shape index (κ3) is 3.92. The summed E-state index contributed by atoms with van der Waals surface area (Å²) in [5, 5.41) is 2.37. The number of hydrogen-bond acceptors (Lipinski definition) is 3. The van der Waals surface area contributed by atoms with Crippen molar-refractivity contribution in [2.24, 2.45) is 0 Å². The molecule has 0 bridgehead atoms. The van der Waals surface area contributed by atoms with Crippen LogP contribution in [0.4, 0.5) is 0 Å². The molecule has 3 nitrogen and oxygen atoms in total. The number of aryl methyl sites for hydroxylation is 1. The molecule has 7 heteroatoms. The van der Waals surface area contributed by atoms with E-state index in [1.807, 2.05) is 25.1 Å². The van der Waals surface area contributed by atoms with E-state index in [-0.39, 0.29) is 5.91 Å². The average molecular weight is 475 g/mol. The van der Waals surface area contributed by atoms with Crippen LogP contribution in [0.5, 0.6) is 0 Å². The molecule has 1 aliphatic heterocycles. The fraction of sp³-hybridized carbons (Fsp3) is 0.217. The first-order chi connectivity index (χ1) is 14.4. The van der Waals surface area contributed by atoms with Gasteiger partial charge >= 0.3 is 0 Å². The summed E-state index contributed by atoms with van der Waals surface area (Å²) in [5.74, 6) is -0.0270. The molecule has 0 aliphatic carbocycles. The highest BCUT2D eigenvalue weighted by atomic mass is 35.5. The van der Waals surface area contributed by atoms with E-state index in [9.17, 15) is 4.79 Å². The lowest BCUT2D eigenvalue weighted by atomic mass is 10.1. The summed E-state index contributed by atoms with van der Waals surface area (Å²) in [6.07, 6.45) is 4.96. The Labute approximate surface area is 195 Å². The van der Waals surface area contributed by atoms with Crippen LogP contribution in [0.3, 0.4) is 0 Å². The topological polar surface area (TPSA) is 25.2 Å². The molecule has 154 valence electrons. The van der Waals surface area contributed by atoms with Gasteiger partial charge in [-0.25, -0.2) is 0 Å². The smallest absolute Gasteiger partial charge is 0.266 e. The number of rotatable bonds is 5. The molecule has 1 amide bonds. The number of fused-ring (bicyclic) bond motifs is 1. The van der Waals surface area contributed by atoms with Gasteiger partial charge in [-0.3, -0.25) is 9.69 Å². The zero-order valence-electron chi connectivity index (χ0n) is 16.6. The highest BCUT2D eigenvalue weighted by Crippen LogP contribution is 2.35. The molecule has 3 aromatic rings. The Bertz CT molecular complexity index is 1200. The van der Waals surface area contributed by atoms with Gasteiger partial charge in [0.15, 0.2) is 0 Å². The first-order valence-corrected chi connectivity index (χ1v) is 11.7. The van der Waals surface area contributed by atoms with Gasteiger partial charge in [0, 0.05) is 40.3 Å². The third-order valence-electron chi connectivity index (χ3n) is 5.23. The Morgan fingerprint density at radius 2 is 1.93 bits per heavy atom. The number of benzene rings is 2. The van der Waals surface area contributed by atoms with Gasteiger partial charge in [0.1, 0.15) is 4.32 Å². The van der Waals surface area contributed by atoms with E-state index in [1.54, 1.807) is 11.0 Å². The van der Waals surface area contributed by atoms with Gasteiger partial charge in [-0.05, 0) is 42.7 Å². The van der Waals surface area contributed by atoms with Crippen LogP contribution in [0.15, 0.2) is 47.5 Å². The molecule has 1 saturated heterocycles. The van der Waals surface area contributed by atoms with Crippen molar-refractivity contribution in [1.82, 2.24) is 9.47 Å². The zero-order chi connectivity index (χ0) is 21.4. The van der Waals surface area contributed by atoms with Crippen molar-refractivity contribution in [2.75, 3.05) is 6.54 Å². The molecular formula is C23H20Cl2N2OS2. The normalized spacial score (nSPS) is 15.7. The van der Waals surface area contributed by atoms with Gasteiger partial charge in [0.25, 0.3) is 5.91 Å². The molecule has 30 heavy (non-hydrogen) atoms. The molecular weight excluding hydrogens is 455 g/mol. The first kappa shape index (κ1) is 21.4. The number of nitrogens with zero attached hydrogens (tertiary/aromatic N) is 2. The van der Waals surface area contributed by atoms with Gasteiger partial charge in [0.05, 0.1) is 10.4 Å². The molecule has 2 aromatic carbocycles. The van der Waals surface area contributed by atoms with Gasteiger partial charge in [0.2, 0.25) is 0 Å². The van der Waals surface area contributed by atoms with Gasteiger partial charge in [-0.2, -0.15) is 0 Å². The molecule has 2 heterocycles. The zero-order valence-corrected chi connectivity index (χ0v) is 19.8. The van der Waals surface area contributed by atoms with Crippen molar-refractivity contribution in [3.63, 3.8) is 0 Å². The van der Waals surface area contributed by atoms with Gasteiger partial charge in [-0.1, -0.05) is 78.4 Å². The molecule has 4 rings (SSSR count). The Balaban J connectivity index is 1.83. The van der Waals surface area contributed by atoms with E-state index in [4.69, 9.17) is 35.4 Å². The number of aromatic nitrogens is 1. The minimum Gasteiger partial charge on any atom is -0.342 e. The molecule has 1 aliphatic rings. The standard InChI is InChI=1S/C23H20Cl2N2OS2/c1-3-14-6-5-7-18-16(10-20-22(28)27(4-2)23(29)30-20)13-26(21(14)18)12-15-8-9-17(24)11-19(15)25/h5-11,13H,3-4,12H2,1-2H3/b20-10-. The second-order valence-electron chi connectivity index (χ2n) is 7.04. The quantitative estimate of drug-likeness (QED) is 0.300. The SMILES string of the molecule is CCc1cccc2c(/C=C3\SC(=S)N(CC)C3=O)cn(Cc3ccc(Cl)cc3Cl)c12. The Morgan fingerprint density at radius 3 is 2.60 bits per heavy atom. The summed E-state index contributed by atoms with van der Waals surface area (Å²) in [5.41, 5.74) is 4.40. The highest BCUT2D eigenvalue weighted by molar-refractivity contribution is 8.26. The number of hydrogen-bond donors (Lipinski definition) is 0. The summed E-state index contributed by atoms with van der Waals surface area (Å²) in [6.45, 7) is 5.28. The number of amides is 1. The molecule has 0 saturated carbocycles. The van der Waals surface area contributed by atoms with E-state index in [2.05, 4.69) is 35.9 Å². The minimum absolute atomic E-state index is 0.0270. The lowest BCUT2D eigenvalue weighted by Crippen LogP contribution is -2.27. The van der Waals surface area contributed by atoms with E-state index in [0.29, 0.717) is 32.4 Å². The maximum absolute atomic E-state index is 12.7. The van der Waals surface area contributed by atoms with Crippen LogP contribution < -0.4 is 0 Å². The summed E-state index contributed by atoms with van der Waals surface area (Å²) < 4.78 is 2.81. The van der Waals surface area contributed by atoms with Crippen molar-refractivity contribution in [3.05, 3.63) is 74.2 Å². The number of carbonyl (C=O) groups is 1. The molecule has 0 atom stereocenters. The number of carbonyl (C=O) groups excluding carboxylic acids is 1. The van der Waals surface area contributed by atoms with Crippen molar-refractivity contribution in [1.29, 1.82) is 0 Å². The molecule has 0 unspecified atom stereocenters. The molecule has 1 aromatic heterocycles. The monoisotopic (exact) mass is 474 g/mol. The van der Waals surface area contributed by atoms with E-state index in [0.717, 1.165) is 28.5 Å². The van der Waals surface area contributed by atoms with Crippen molar-refractivity contribution in [2.45, 2.75) is 26.8 Å². The number of thioether (sulfide) groups is 1. The molecule has 0 radical (unpaired) electrons. The lowest BCUT2D eigenvalue weighted by molar-refractivity contribution is -0.121. The average Bonchev–Trinajstić information content (AvgIpc) is 3.20. The Kier molecular flexibility index (Phi) is 6.26. The summed E-state index contributed by atoms with van der Waals surface area (Å²) in [7, 11) is 0. The van der Waals surface area contributed by atoms with Crippen LogP contribution in [0, 0.1) is 0 Å². The van der Waals surface area contributed by atoms with Crippen LogP contribution in [-0.4, -0.2) is 26.2 Å². The van der Waals surface area contributed by atoms with Crippen LogP contribution in [0.1, 0.15) is 30.5 Å². The van der Waals surface area contributed by atoms with E-state index < -0.39 is 0 Å². The summed E-state index contributed by atoms with van der Waals surface area (Å²) >= 11 is 19.2. The second kappa shape index (κ2) is 8.75.